The fourth-order valence-electron chi connectivity index (χ4n) is 6.90. The van der Waals surface area contributed by atoms with Gasteiger partial charge in [0.2, 0.25) is 0 Å². The van der Waals surface area contributed by atoms with Gasteiger partial charge in [0, 0.05) is 36.4 Å². The Hall–Kier alpha value is -3.89. The van der Waals surface area contributed by atoms with Crippen molar-refractivity contribution in [3.8, 4) is 5.75 Å². The highest BCUT2D eigenvalue weighted by Crippen LogP contribution is 2.52. The summed E-state index contributed by atoms with van der Waals surface area (Å²) in [5, 5.41) is 0. The van der Waals surface area contributed by atoms with Crippen molar-refractivity contribution in [3.63, 3.8) is 0 Å². The van der Waals surface area contributed by atoms with E-state index in [2.05, 4.69) is 17.0 Å². The highest BCUT2D eigenvalue weighted by atomic mass is 32.2. The molecule has 2 aromatic carbocycles. The molecule has 2 atom stereocenters. The minimum absolute atomic E-state index is 0.248. The quantitative estimate of drug-likeness (QED) is 0.179. The second-order valence-electron chi connectivity index (χ2n) is 11.6. The van der Waals surface area contributed by atoms with E-state index >= 15 is 0 Å². The summed E-state index contributed by atoms with van der Waals surface area (Å²) in [5.41, 5.74) is 3.63. The number of carbonyl (C=O) groups is 2. The molecule has 15 heteroatoms. The summed E-state index contributed by atoms with van der Waals surface area (Å²) < 4.78 is 15.6. The summed E-state index contributed by atoms with van der Waals surface area (Å²) in [6, 6.07) is 14.1. The molecular formula is C34H30N4O6S5. The smallest absolute Gasteiger partial charge is 0.298 e. The number of rotatable bonds is 9. The van der Waals surface area contributed by atoms with Gasteiger partial charge in [0.1, 0.15) is 28.9 Å². The van der Waals surface area contributed by atoms with Crippen molar-refractivity contribution < 1.29 is 19.1 Å². The van der Waals surface area contributed by atoms with Crippen LogP contribution in [0, 0.1) is 9.20 Å². The van der Waals surface area contributed by atoms with Gasteiger partial charge in [-0.2, -0.15) is 0 Å². The number of thiocarbonyl (C=S) groups is 2. The van der Waals surface area contributed by atoms with Gasteiger partial charge in [0.25, 0.3) is 24.1 Å². The first-order valence-electron chi connectivity index (χ1n) is 15.7. The molecule has 252 valence electrons. The van der Waals surface area contributed by atoms with E-state index < -0.39 is 0 Å². The number of thiazole rings is 2. The number of hydrogen-bond acceptors (Lipinski definition) is 12. The summed E-state index contributed by atoms with van der Waals surface area (Å²) >= 11 is 15.1. The van der Waals surface area contributed by atoms with Gasteiger partial charge in [-0.3, -0.25) is 28.3 Å². The van der Waals surface area contributed by atoms with Crippen LogP contribution >= 0.6 is 58.9 Å². The van der Waals surface area contributed by atoms with Gasteiger partial charge in [-0.05, 0) is 80.3 Å². The van der Waals surface area contributed by atoms with Crippen LogP contribution in [0.3, 0.4) is 0 Å². The van der Waals surface area contributed by atoms with E-state index in [1.54, 1.807) is 16.7 Å². The highest BCUT2D eigenvalue weighted by Gasteiger charge is 2.42. The lowest BCUT2D eigenvalue weighted by Gasteiger charge is -2.27. The van der Waals surface area contributed by atoms with Crippen LogP contribution in [0.25, 0.3) is 11.0 Å². The normalized spacial score (nSPS) is 20.6. The molecule has 2 unspecified atom stereocenters. The van der Waals surface area contributed by atoms with Crippen LogP contribution < -0.4 is 30.0 Å². The zero-order valence-electron chi connectivity index (χ0n) is 26.5. The molecule has 1 aliphatic carbocycles. The molecule has 0 N–H and O–H groups in total. The van der Waals surface area contributed by atoms with Crippen LogP contribution in [0.2, 0.25) is 0 Å². The largest absolute Gasteiger partial charge is 0.446 e. The average molecular weight is 751 g/mol. The number of aromatic nitrogens is 2. The molecule has 4 aromatic rings. The monoisotopic (exact) mass is 750 g/mol. The van der Waals surface area contributed by atoms with Crippen molar-refractivity contribution in [3.05, 3.63) is 92.7 Å². The molecule has 1 saturated carbocycles. The lowest BCUT2D eigenvalue weighted by atomic mass is 9.96. The third kappa shape index (κ3) is 5.80. The number of benzene rings is 2. The van der Waals surface area contributed by atoms with Gasteiger partial charge in [-0.25, -0.2) is 0 Å². The Bertz CT molecular complexity index is 2360. The van der Waals surface area contributed by atoms with Crippen LogP contribution in [-0.4, -0.2) is 48.9 Å². The van der Waals surface area contributed by atoms with Crippen LogP contribution in [0.15, 0.2) is 52.1 Å². The summed E-state index contributed by atoms with van der Waals surface area (Å²) in [6.07, 6.45) is 5.08. The molecule has 4 heterocycles. The van der Waals surface area contributed by atoms with Crippen LogP contribution in [0.4, 0.5) is 11.4 Å². The Balaban J connectivity index is 1.38. The van der Waals surface area contributed by atoms with E-state index in [-0.39, 0.29) is 24.3 Å². The predicted molar refractivity (Wildman–Crippen MR) is 201 cm³/mol. The maximum atomic E-state index is 13.9. The maximum Gasteiger partial charge on any atom is 0.298 e. The molecule has 2 aromatic heterocycles. The van der Waals surface area contributed by atoms with E-state index in [0.717, 1.165) is 41.1 Å². The van der Waals surface area contributed by atoms with Gasteiger partial charge >= 0.3 is 0 Å². The van der Waals surface area contributed by atoms with Crippen LogP contribution in [-0.2, 0) is 27.6 Å². The molecule has 3 aliphatic rings. The molecule has 0 bridgehead atoms. The minimum atomic E-state index is -0.352. The molecule has 10 nitrogen and oxygen atoms in total. The van der Waals surface area contributed by atoms with E-state index in [9.17, 15) is 19.2 Å². The standard InChI is InChI=1S/C34H30N4O6S5/c1-3-35-30(42)27(48-33(35)28-31(45)36(4-2)34(46)49-28)32-37(16-43-17-39)29(41)26(47-32)15-19-8-13-25-23(14-19)22-6-5-7-24(22)38(25)20-9-11-21(12-10-20)44-18-40/h8-15,17-18,22,24H,3-7,16H2,1-2H3/b26-15?,32-27+,33-28?. The summed E-state index contributed by atoms with van der Waals surface area (Å²) in [7, 11) is 0. The zero-order valence-corrected chi connectivity index (χ0v) is 30.5. The van der Waals surface area contributed by atoms with E-state index in [4.69, 9.17) is 33.9 Å². The van der Waals surface area contributed by atoms with Crippen molar-refractivity contribution in [2.45, 2.75) is 58.3 Å². The lowest BCUT2D eigenvalue weighted by Crippen LogP contribution is -2.30. The molecule has 0 spiro atoms. The number of carbonyl (C=O) groups excluding carboxylic acids is 2. The molecule has 2 aliphatic heterocycles. The number of ether oxygens (including phenoxy) is 2. The van der Waals surface area contributed by atoms with Gasteiger partial charge in [0.05, 0.1) is 9.44 Å². The number of anilines is 2. The summed E-state index contributed by atoms with van der Waals surface area (Å²) in [5.74, 6) is 0.835. The van der Waals surface area contributed by atoms with Gasteiger partial charge < -0.3 is 19.3 Å². The van der Waals surface area contributed by atoms with Crippen molar-refractivity contribution in [1.29, 1.82) is 0 Å². The number of hydrogen-bond donors (Lipinski definition) is 0. The fraction of sp³-hybridized carbons (Fsp3) is 0.294. The molecule has 1 saturated heterocycles. The second kappa shape index (κ2) is 13.8. The Morgan fingerprint density at radius 1 is 0.918 bits per heavy atom. The van der Waals surface area contributed by atoms with Crippen molar-refractivity contribution in [2.24, 2.45) is 0 Å². The first kappa shape index (κ1) is 33.6. The van der Waals surface area contributed by atoms with E-state index in [1.165, 1.54) is 44.6 Å². The third-order valence-electron chi connectivity index (χ3n) is 9.05. The van der Waals surface area contributed by atoms with Gasteiger partial charge in [-0.15, -0.1) is 22.7 Å². The third-order valence-corrected chi connectivity index (χ3v) is 13.6. The molecular weight excluding hydrogens is 721 g/mol. The number of fused-ring (bicyclic) bond motifs is 3. The van der Waals surface area contributed by atoms with Crippen LogP contribution in [0.1, 0.15) is 50.2 Å². The van der Waals surface area contributed by atoms with Crippen LogP contribution in [0.5, 0.6) is 5.75 Å². The Morgan fingerprint density at radius 3 is 2.41 bits per heavy atom. The topological polar surface area (TPSA) is 103 Å². The lowest BCUT2D eigenvalue weighted by molar-refractivity contribution is -0.132. The second-order valence-corrected chi connectivity index (χ2v) is 15.6. The van der Waals surface area contributed by atoms with Gasteiger partial charge in [-0.1, -0.05) is 48.7 Å². The molecule has 7 rings (SSSR count). The Labute approximate surface area is 303 Å². The van der Waals surface area contributed by atoms with Crippen molar-refractivity contribution >= 4 is 103 Å². The van der Waals surface area contributed by atoms with Crippen molar-refractivity contribution in [2.75, 3.05) is 11.4 Å². The predicted octanol–water partition coefficient (Wildman–Crippen LogP) is 4.51. The average Bonchev–Trinajstić information content (AvgIpc) is 3.89. The van der Waals surface area contributed by atoms with E-state index in [1.807, 2.05) is 43.0 Å². The van der Waals surface area contributed by atoms with Crippen molar-refractivity contribution in [1.82, 2.24) is 14.0 Å². The van der Waals surface area contributed by atoms with Gasteiger partial charge in [0.15, 0.2) is 6.73 Å². The SMILES string of the molecule is CCN1C(=S)SC(=c2s/c(=c3/sc(=Cc4ccc5c(c4)C4CCCC4N5c4ccc(OC=O)cc4)c(=O)n3COC=O)c(=O)n2CC)C1=S. The summed E-state index contributed by atoms with van der Waals surface area (Å²) in [4.78, 5) is 55.3. The molecule has 0 radical (unpaired) electrons. The molecule has 49 heavy (non-hydrogen) atoms. The first-order chi connectivity index (χ1) is 23.8. The molecule has 0 amide bonds. The molecule has 2 fully saturated rings. The Morgan fingerprint density at radius 2 is 1.71 bits per heavy atom. The highest BCUT2D eigenvalue weighted by molar-refractivity contribution is 8.31. The van der Waals surface area contributed by atoms with E-state index in [0.29, 0.717) is 65.0 Å². The number of nitrogens with zero attached hydrogens (tertiary/aromatic N) is 4. The zero-order chi connectivity index (χ0) is 34.4. The maximum absolute atomic E-state index is 13.9. The Kier molecular flexibility index (Phi) is 9.45. The summed E-state index contributed by atoms with van der Waals surface area (Å²) in [6.45, 7) is 5.28. The fourth-order valence-corrected chi connectivity index (χ4v) is 11.5. The number of thioether (sulfide) groups is 1. The minimum Gasteiger partial charge on any atom is -0.446 e. The first-order valence-corrected chi connectivity index (χ1v) is 19.0.